The number of hydrogen-bond donors (Lipinski definition) is 3. The van der Waals surface area contributed by atoms with Gasteiger partial charge in [-0.1, -0.05) is 18.2 Å². The lowest BCUT2D eigenvalue weighted by Gasteiger charge is -2.13. The number of pyridine rings is 1. The number of nitrogens with two attached hydrogens (primary N) is 1. The summed E-state index contributed by atoms with van der Waals surface area (Å²) in [6.07, 6.45) is 1.77. The first-order valence-corrected chi connectivity index (χ1v) is 7.44. The lowest BCUT2D eigenvalue weighted by Crippen LogP contribution is -2.34. The van der Waals surface area contributed by atoms with Crippen LogP contribution in [0, 0.1) is 13.8 Å². The third-order valence-electron chi connectivity index (χ3n) is 3.89. The lowest BCUT2D eigenvalue weighted by molar-refractivity contribution is -0.122. The van der Waals surface area contributed by atoms with E-state index in [0.717, 1.165) is 33.4 Å². The molecule has 6 heteroatoms. The fraction of sp³-hybridized carbons (Fsp3) is 0.235. The Morgan fingerprint density at radius 1 is 1.35 bits per heavy atom. The molecule has 0 bridgehead atoms. The summed E-state index contributed by atoms with van der Waals surface area (Å²) in [6, 6.07) is 9.15. The second-order valence-electron chi connectivity index (χ2n) is 5.58. The van der Waals surface area contributed by atoms with Crippen molar-refractivity contribution in [2.45, 2.75) is 26.4 Å². The van der Waals surface area contributed by atoms with Crippen LogP contribution in [-0.2, 0) is 11.3 Å². The second kappa shape index (κ2) is 6.18. The number of benzene rings is 1. The number of carbonyl (C=O) groups is 1. The third kappa shape index (κ3) is 3.07. The molecule has 2 heterocycles. The van der Waals surface area contributed by atoms with Crippen LogP contribution in [0.2, 0.25) is 0 Å². The maximum atomic E-state index is 12.3. The highest BCUT2D eigenvalue weighted by atomic mass is 16.2. The van der Waals surface area contributed by atoms with Gasteiger partial charge in [-0.2, -0.15) is 5.10 Å². The number of H-pyrrole nitrogens is 1. The lowest BCUT2D eigenvalue weighted by atomic mass is 10.1. The number of rotatable bonds is 4. The van der Waals surface area contributed by atoms with Gasteiger partial charge in [0.05, 0.1) is 11.2 Å². The summed E-state index contributed by atoms with van der Waals surface area (Å²) < 4.78 is 0. The minimum Gasteiger partial charge on any atom is -0.350 e. The van der Waals surface area contributed by atoms with Gasteiger partial charge in [-0.3, -0.25) is 14.9 Å². The number of fused-ring (bicyclic) bond motifs is 1. The molecule has 0 aliphatic carbocycles. The van der Waals surface area contributed by atoms with Gasteiger partial charge < -0.3 is 11.1 Å². The smallest absolute Gasteiger partial charge is 0.241 e. The van der Waals surface area contributed by atoms with E-state index >= 15 is 0 Å². The Balaban J connectivity index is 1.70. The second-order valence-corrected chi connectivity index (χ2v) is 5.58. The van der Waals surface area contributed by atoms with E-state index in [1.54, 1.807) is 6.20 Å². The van der Waals surface area contributed by atoms with Crippen molar-refractivity contribution < 1.29 is 4.79 Å². The quantitative estimate of drug-likeness (QED) is 0.685. The zero-order valence-electron chi connectivity index (χ0n) is 13.1. The normalized spacial score (nSPS) is 12.3. The van der Waals surface area contributed by atoms with Crippen molar-refractivity contribution in [2.24, 2.45) is 5.73 Å². The van der Waals surface area contributed by atoms with Gasteiger partial charge in [-0.25, -0.2) is 0 Å². The van der Waals surface area contributed by atoms with Crippen molar-refractivity contribution in [1.82, 2.24) is 20.5 Å². The van der Waals surface area contributed by atoms with E-state index in [0.29, 0.717) is 6.54 Å². The molecule has 1 atom stereocenters. The number of amides is 1. The molecular formula is C17H19N5O. The Bertz CT molecular complexity index is 836. The molecule has 0 unspecified atom stereocenters. The number of para-hydroxylation sites is 1. The fourth-order valence-corrected chi connectivity index (χ4v) is 2.66. The van der Waals surface area contributed by atoms with Crippen LogP contribution in [0.1, 0.15) is 28.6 Å². The number of aryl methyl sites for hydroxylation is 2. The maximum absolute atomic E-state index is 12.3. The van der Waals surface area contributed by atoms with Crippen molar-refractivity contribution in [3.05, 3.63) is 59.0 Å². The van der Waals surface area contributed by atoms with Gasteiger partial charge in [-0.05, 0) is 31.5 Å². The minimum absolute atomic E-state index is 0.231. The molecule has 0 aliphatic rings. The zero-order chi connectivity index (χ0) is 16.4. The van der Waals surface area contributed by atoms with Crippen molar-refractivity contribution in [3.63, 3.8) is 0 Å². The Hall–Kier alpha value is -2.73. The molecule has 23 heavy (non-hydrogen) atoms. The number of aromatic amines is 1. The van der Waals surface area contributed by atoms with Gasteiger partial charge in [0.15, 0.2) is 0 Å². The monoisotopic (exact) mass is 309 g/mol. The number of carbonyl (C=O) groups excluding carboxylic acids is 1. The number of nitrogens with one attached hydrogen (secondary N) is 2. The summed E-state index contributed by atoms with van der Waals surface area (Å²) in [5, 5.41) is 10.8. The van der Waals surface area contributed by atoms with Gasteiger partial charge in [-0.15, -0.1) is 0 Å². The van der Waals surface area contributed by atoms with Gasteiger partial charge in [0, 0.05) is 29.4 Å². The average Bonchev–Trinajstić information content (AvgIpc) is 2.90. The van der Waals surface area contributed by atoms with Gasteiger partial charge in [0.1, 0.15) is 6.04 Å². The molecule has 3 aromatic rings. The first-order valence-electron chi connectivity index (χ1n) is 7.44. The minimum atomic E-state index is -0.734. The van der Waals surface area contributed by atoms with Crippen molar-refractivity contribution in [1.29, 1.82) is 0 Å². The summed E-state index contributed by atoms with van der Waals surface area (Å²) in [5.74, 6) is -0.231. The van der Waals surface area contributed by atoms with Gasteiger partial charge in [0.25, 0.3) is 0 Å². The Morgan fingerprint density at radius 3 is 2.87 bits per heavy atom. The predicted molar refractivity (Wildman–Crippen MR) is 88.6 cm³/mol. The van der Waals surface area contributed by atoms with E-state index in [1.165, 1.54) is 0 Å². The third-order valence-corrected chi connectivity index (χ3v) is 3.89. The molecule has 0 radical (unpaired) electrons. The largest absolute Gasteiger partial charge is 0.350 e. The van der Waals surface area contributed by atoms with Crippen molar-refractivity contribution >= 4 is 16.8 Å². The fourth-order valence-electron chi connectivity index (χ4n) is 2.66. The average molecular weight is 309 g/mol. The first-order chi connectivity index (χ1) is 11.1. The van der Waals surface area contributed by atoms with E-state index in [2.05, 4.69) is 20.5 Å². The van der Waals surface area contributed by atoms with E-state index in [9.17, 15) is 4.79 Å². The molecule has 118 valence electrons. The Kier molecular flexibility index (Phi) is 4.08. The van der Waals surface area contributed by atoms with Gasteiger partial charge >= 0.3 is 0 Å². The molecular weight excluding hydrogens is 290 g/mol. The number of aromatic nitrogens is 3. The Morgan fingerprint density at radius 2 is 2.13 bits per heavy atom. The van der Waals surface area contributed by atoms with Crippen LogP contribution < -0.4 is 11.1 Å². The Labute approximate surface area is 134 Å². The summed E-state index contributed by atoms with van der Waals surface area (Å²) in [7, 11) is 0. The SMILES string of the molecule is Cc1n[nH]c(C)c1[C@H](N)C(=O)NCc1cnc2ccccc2c1. The molecule has 0 aliphatic heterocycles. The summed E-state index contributed by atoms with van der Waals surface area (Å²) in [4.78, 5) is 16.7. The molecule has 0 saturated heterocycles. The van der Waals surface area contributed by atoms with Crippen LogP contribution in [-0.4, -0.2) is 21.1 Å². The van der Waals surface area contributed by atoms with E-state index < -0.39 is 6.04 Å². The van der Waals surface area contributed by atoms with Crippen LogP contribution in [0.5, 0.6) is 0 Å². The molecule has 1 aromatic carbocycles. The highest BCUT2D eigenvalue weighted by Crippen LogP contribution is 2.18. The zero-order valence-corrected chi connectivity index (χ0v) is 13.1. The van der Waals surface area contributed by atoms with Crippen LogP contribution in [0.25, 0.3) is 10.9 Å². The molecule has 3 rings (SSSR count). The highest BCUT2D eigenvalue weighted by Gasteiger charge is 2.21. The molecule has 0 spiro atoms. The van der Waals surface area contributed by atoms with E-state index in [4.69, 9.17) is 5.73 Å². The molecule has 4 N–H and O–H groups in total. The molecule has 6 nitrogen and oxygen atoms in total. The first kappa shape index (κ1) is 15.2. The van der Waals surface area contributed by atoms with E-state index in [1.807, 2.05) is 44.2 Å². The molecule has 0 fully saturated rings. The predicted octanol–water partition coefficient (Wildman–Crippen LogP) is 1.89. The summed E-state index contributed by atoms with van der Waals surface area (Å²) in [6.45, 7) is 4.08. The topological polar surface area (TPSA) is 96.7 Å². The maximum Gasteiger partial charge on any atom is 0.241 e. The van der Waals surface area contributed by atoms with Crippen molar-refractivity contribution in [3.8, 4) is 0 Å². The summed E-state index contributed by atoms with van der Waals surface area (Å²) in [5.41, 5.74) is 10.2. The van der Waals surface area contributed by atoms with E-state index in [-0.39, 0.29) is 5.91 Å². The number of hydrogen-bond acceptors (Lipinski definition) is 4. The van der Waals surface area contributed by atoms with Crippen molar-refractivity contribution in [2.75, 3.05) is 0 Å². The number of nitrogens with zero attached hydrogens (tertiary/aromatic N) is 2. The van der Waals surface area contributed by atoms with Gasteiger partial charge in [0.2, 0.25) is 5.91 Å². The molecule has 0 saturated carbocycles. The summed E-state index contributed by atoms with van der Waals surface area (Å²) >= 11 is 0. The van der Waals surface area contributed by atoms with Crippen LogP contribution in [0.4, 0.5) is 0 Å². The van der Waals surface area contributed by atoms with Crippen LogP contribution >= 0.6 is 0 Å². The molecule has 2 aromatic heterocycles. The standard InChI is InChI=1S/C17H19N5O/c1-10-15(11(2)22-21-10)16(18)17(23)20-9-12-7-13-5-3-4-6-14(13)19-8-12/h3-8,16H,9,18H2,1-2H3,(H,20,23)(H,21,22)/t16-/m0/s1. The van der Waals surface area contributed by atoms with Crippen LogP contribution in [0.15, 0.2) is 36.5 Å². The highest BCUT2D eigenvalue weighted by molar-refractivity contribution is 5.83. The van der Waals surface area contributed by atoms with Crippen LogP contribution in [0.3, 0.4) is 0 Å². The molecule has 1 amide bonds.